The van der Waals surface area contributed by atoms with Gasteiger partial charge in [0.25, 0.3) is 0 Å². The average molecular weight is 264 g/mol. The third-order valence-corrected chi connectivity index (χ3v) is 2.40. The summed E-state index contributed by atoms with van der Waals surface area (Å²) >= 11 is 0. The summed E-state index contributed by atoms with van der Waals surface area (Å²) in [5.41, 5.74) is 0.791. The number of benzene rings is 1. The van der Waals surface area contributed by atoms with Crippen molar-refractivity contribution >= 4 is 17.6 Å². The number of esters is 1. The molecule has 1 aromatic rings. The van der Waals surface area contributed by atoms with Crippen molar-refractivity contribution in [1.82, 2.24) is 5.32 Å². The lowest BCUT2D eigenvalue weighted by molar-refractivity contribution is -0.142. The van der Waals surface area contributed by atoms with Crippen LogP contribution >= 0.6 is 0 Å². The number of amides is 1. The largest absolute Gasteiger partial charge is 0.466 e. The Hall–Kier alpha value is -1.88. The molecule has 104 valence electrons. The molecule has 0 aromatic heterocycles. The van der Waals surface area contributed by atoms with Crippen molar-refractivity contribution in [3.8, 4) is 0 Å². The minimum atomic E-state index is -0.219. The SMILES string of the molecule is CCOC(=O)CCNCCC(=O)Nc1ccccc1. The van der Waals surface area contributed by atoms with Gasteiger partial charge < -0.3 is 15.4 Å². The zero-order valence-electron chi connectivity index (χ0n) is 11.1. The molecular weight excluding hydrogens is 244 g/mol. The second-order valence-corrected chi connectivity index (χ2v) is 3.97. The molecule has 0 bridgehead atoms. The smallest absolute Gasteiger partial charge is 0.307 e. The van der Waals surface area contributed by atoms with E-state index in [1.165, 1.54) is 0 Å². The number of hydrogen-bond acceptors (Lipinski definition) is 4. The highest BCUT2D eigenvalue weighted by Crippen LogP contribution is 2.04. The molecule has 0 saturated carbocycles. The standard InChI is InChI=1S/C14H20N2O3/c1-2-19-14(18)9-11-15-10-8-13(17)16-12-6-4-3-5-7-12/h3-7,15H,2,8-11H2,1H3,(H,16,17). The van der Waals surface area contributed by atoms with Crippen molar-refractivity contribution in [3.63, 3.8) is 0 Å². The first-order valence-corrected chi connectivity index (χ1v) is 6.43. The Morgan fingerprint density at radius 2 is 1.79 bits per heavy atom. The summed E-state index contributed by atoms with van der Waals surface area (Å²) in [7, 11) is 0. The summed E-state index contributed by atoms with van der Waals surface area (Å²) in [6, 6.07) is 9.31. The van der Waals surface area contributed by atoms with Crippen LogP contribution in [-0.4, -0.2) is 31.6 Å². The van der Waals surface area contributed by atoms with Gasteiger partial charge in [0, 0.05) is 25.2 Å². The van der Waals surface area contributed by atoms with Crippen LogP contribution in [0.5, 0.6) is 0 Å². The van der Waals surface area contributed by atoms with Crippen molar-refractivity contribution in [2.75, 3.05) is 25.0 Å². The molecule has 0 atom stereocenters. The van der Waals surface area contributed by atoms with Gasteiger partial charge in [0.2, 0.25) is 5.91 Å². The molecule has 0 saturated heterocycles. The molecule has 5 heteroatoms. The minimum absolute atomic E-state index is 0.0464. The van der Waals surface area contributed by atoms with Crippen LogP contribution in [0.15, 0.2) is 30.3 Å². The molecule has 0 aliphatic heterocycles. The molecule has 5 nitrogen and oxygen atoms in total. The van der Waals surface area contributed by atoms with Gasteiger partial charge in [-0.1, -0.05) is 18.2 Å². The lowest BCUT2D eigenvalue weighted by atomic mass is 10.3. The van der Waals surface area contributed by atoms with E-state index in [1.807, 2.05) is 30.3 Å². The van der Waals surface area contributed by atoms with E-state index in [1.54, 1.807) is 6.92 Å². The van der Waals surface area contributed by atoms with Gasteiger partial charge >= 0.3 is 5.97 Å². The molecule has 0 radical (unpaired) electrons. The minimum Gasteiger partial charge on any atom is -0.466 e. The normalized spacial score (nSPS) is 9.95. The monoisotopic (exact) mass is 264 g/mol. The number of carbonyl (C=O) groups is 2. The third kappa shape index (κ3) is 7.21. The molecule has 0 aliphatic rings. The summed E-state index contributed by atoms with van der Waals surface area (Å²) in [5.74, 6) is -0.265. The van der Waals surface area contributed by atoms with Gasteiger partial charge in [0.1, 0.15) is 0 Å². The molecule has 0 aliphatic carbocycles. The van der Waals surface area contributed by atoms with Crippen LogP contribution in [-0.2, 0) is 14.3 Å². The zero-order chi connectivity index (χ0) is 13.9. The van der Waals surface area contributed by atoms with Crippen molar-refractivity contribution in [2.45, 2.75) is 19.8 Å². The maximum absolute atomic E-state index is 11.6. The van der Waals surface area contributed by atoms with E-state index in [4.69, 9.17) is 4.74 Å². The molecule has 0 spiro atoms. The maximum Gasteiger partial charge on any atom is 0.307 e. The van der Waals surface area contributed by atoms with Crippen LogP contribution in [0.4, 0.5) is 5.69 Å². The van der Waals surface area contributed by atoms with Gasteiger partial charge in [0.15, 0.2) is 0 Å². The second kappa shape index (κ2) is 9.10. The highest BCUT2D eigenvalue weighted by molar-refractivity contribution is 5.90. The lowest BCUT2D eigenvalue weighted by Gasteiger charge is -2.06. The van der Waals surface area contributed by atoms with Gasteiger partial charge in [-0.3, -0.25) is 9.59 Å². The van der Waals surface area contributed by atoms with Crippen molar-refractivity contribution in [2.24, 2.45) is 0 Å². The predicted octanol–water partition coefficient (Wildman–Crippen LogP) is 1.56. The van der Waals surface area contributed by atoms with E-state index in [2.05, 4.69) is 10.6 Å². The Labute approximate surface area is 113 Å². The van der Waals surface area contributed by atoms with E-state index in [0.29, 0.717) is 32.5 Å². The van der Waals surface area contributed by atoms with Gasteiger partial charge in [0.05, 0.1) is 13.0 Å². The summed E-state index contributed by atoms with van der Waals surface area (Å²) in [4.78, 5) is 22.6. The van der Waals surface area contributed by atoms with Gasteiger partial charge in [-0.05, 0) is 19.1 Å². The first-order chi connectivity index (χ1) is 9.22. The van der Waals surface area contributed by atoms with E-state index < -0.39 is 0 Å². The number of ether oxygens (including phenoxy) is 1. The summed E-state index contributed by atoms with van der Waals surface area (Å²) in [6.07, 6.45) is 0.700. The molecule has 19 heavy (non-hydrogen) atoms. The molecule has 1 rings (SSSR count). The van der Waals surface area contributed by atoms with Crippen LogP contribution in [0, 0.1) is 0 Å². The molecule has 2 N–H and O–H groups in total. The van der Waals surface area contributed by atoms with E-state index >= 15 is 0 Å². The van der Waals surface area contributed by atoms with Gasteiger partial charge in [-0.2, -0.15) is 0 Å². The van der Waals surface area contributed by atoms with Crippen LogP contribution in [0.25, 0.3) is 0 Å². The number of nitrogens with one attached hydrogen (secondary N) is 2. The van der Waals surface area contributed by atoms with Crippen LogP contribution in [0.3, 0.4) is 0 Å². The van der Waals surface area contributed by atoms with Gasteiger partial charge in [-0.25, -0.2) is 0 Å². The quantitative estimate of drug-likeness (QED) is 0.552. The Morgan fingerprint density at radius 3 is 2.47 bits per heavy atom. The molecular formula is C14H20N2O3. The van der Waals surface area contributed by atoms with Crippen LogP contribution in [0.2, 0.25) is 0 Å². The average Bonchev–Trinajstić information content (AvgIpc) is 2.40. The van der Waals surface area contributed by atoms with E-state index in [0.717, 1.165) is 5.69 Å². The first-order valence-electron chi connectivity index (χ1n) is 6.43. The molecule has 0 unspecified atom stereocenters. The number of hydrogen-bond donors (Lipinski definition) is 2. The summed E-state index contributed by atoms with van der Waals surface area (Å²) in [6.45, 7) is 3.24. The zero-order valence-corrected chi connectivity index (χ0v) is 11.1. The highest BCUT2D eigenvalue weighted by atomic mass is 16.5. The van der Waals surface area contributed by atoms with Crippen molar-refractivity contribution < 1.29 is 14.3 Å². The predicted molar refractivity (Wildman–Crippen MR) is 73.8 cm³/mol. The molecule has 0 heterocycles. The van der Waals surface area contributed by atoms with E-state index in [9.17, 15) is 9.59 Å². The second-order valence-electron chi connectivity index (χ2n) is 3.97. The Balaban J connectivity index is 2.06. The topological polar surface area (TPSA) is 67.4 Å². The van der Waals surface area contributed by atoms with Gasteiger partial charge in [-0.15, -0.1) is 0 Å². The Morgan fingerprint density at radius 1 is 1.11 bits per heavy atom. The lowest BCUT2D eigenvalue weighted by Crippen LogP contribution is -2.24. The fourth-order valence-electron chi connectivity index (χ4n) is 1.50. The summed E-state index contributed by atoms with van der Waals surface area (Å²) in [5, 5.41) is 5.82. The Bertz CT molecular complexity index is 393. The number of para-hydroxylation sites is 1. The number of anilines is 1. The fourth-order valence-corrected chi connectivity index (χ4v) is 1.50. The van der Waals surface area contributed by atoms with Crippen molar-refractivity contribution in [1.29, 1.82) is 0 Å². The van der Waals surface area contributed by atoms with E-state index in [-0.39, 0.29) is 11.9 Å². The number of carbonyl (C=O) groups excluding carboxylic acids is 2. The highest BCUT2D eigenvalue weighted by Gasteiger charge is 2.03. The summed E-state index contributed by atoms with van der Waals surface area (Å²) < 4.78 is 4.79. The Kier molecular flexibility index (Phi) is 7.27. The molecule has 0 fully saturated rings. The number of rotatable bonds is 8. The molecule has 1 aromatic carbocycles. The maximum atomic E-state index is 11.6. The first kappa shape index (κ1) is 15.2. The fraction of sp³-hybridized carbons (Fsp3) is 0.429. The van der Waals surface area contributed by atoms with Crippen molar-refractivity contribution in [3.05, 3.63) is 30.3 Å². The third-order valence-electron chi connectivity index (χ3n) is 2.40. The van der Waals surface area contributed by atoms with Crippen LogP contribution < -0.4 is 10.6 Å². The molecule has 1 amide bonds. The van der Waals surface area contributed by atoms with Crippen LogP contribution in [0.1, 0.15) is 19.8 Å².